The van der Waals surface area contributed by atoms with Gasteiger partial charge in [0.1, 0.15) is 15.6 Å². The van der Waals surface area contributed by atoms with Crippen LogP contribution in [0, 0.1) is 0 Å². The molecule has 2 N–H and O–H groups in total. The predicted molar refractivity (Wildman–Crippen MR) is 389 cm³/mol. The van der Waals surface area contributed by atoms with Gasteiger partial charge < -0.3 is 14.6 Å². The Morgan fingerprint density at radius 1 is 0.190 bits per heavy atom. The first kappa shape index (κ1) is 87.5. The van der Waals surface area contributed by atoms with E-state index in [-0.39, 0.29) is 44.4 Å². The van der Waals surface area contributed by atoms with Crippen LogP contribution in [0.1, 0.15) is 0 Å². The van der Waals surface area contributed by atoms with Gasteiger partial charge in [0.15, 0.2) is 0 Å². The molecule has 14 rings (SSSR count). The Morgan fingerprint density at radius 2 is 0.314 bits per heavy atom. The Balaban J connectivity index is 0.000000257. The molecule has 10 heterocycles. The molecule has 10 aromatic heterocycles. The second-order valence-electron chi connectivity index (χ2n) is 20.6. The Kier molecular flexibility index (Phi) is 33.6. The summed E-state index contributed by atoms with van der Waals surface area (Å²) in [4.78, 5) is 43.1. The molecule has 31 heteroatoms. The zero-order valence-corrected chi connectivity index (χ0v) is 61.7. The molecule has 0 aliphatic heterocycles. The molecular weight excluding hydrogens is 1630 g/mol. The number of hydrogen-bond donors (Lipinski definition) is 0. The maximum absolute atomic E-state index is 12.0. The van der Waals surface area contributed by atoms with Crippen LogP contribution in [0.5, 0.6) is 0 Å². The van der Waals surface area contributed by atoms with E-state index in [4.69, 9.17) is 0 Å². The number of nitrogens with zero attached hydrogens (tertiary/aromatic N) is 10. The first-order valence-corrected chi connectivity index (χ1v) is 37.0. The molecular formula is C74H62F12N10O3P4Ru2+2. The van der Waals surface area contributed by atoms with E-state index in [1.54, 1.807) is 49.6 Å². The second kappa shape index (κ2) is 40.4. The topological polar surface area (TPSA) is 195 Å². The smallest absolute Gasteiger partial charge is 0.412 e. The Hall–Kier alpha value is -9.93. The van der Waals surface area contributed by atoms with Crippen LogP contribution in [0.4, 0.5) is 50.4 Å². The van der Waals surface area contributed by atoms with Gasteiger partial charge in [-0.05, 0) is 121 Å². The molecule has 0 saturated heterocycles. The Labute approximate surface area is 623 Å². The van der Waals surface area contributed by atoms with Gasteiger partial charge in [0, 0.05) is 70.8 Å². The number of rotatable bonds is 10. The van der Waals surface area contributed by atoms with Crippen molar-refractivity contribution < 1.29 is 104 Å². The average Bonchev–Trinajstić information content (AvgIpc) is 0.791. The fraction of sp³-hybridized carbons (Fsp3) is 0. The second-order valence-corrected chi connectivity index (χ2v) is 28.0. The van der Waals surface area contributed by atoms with Crippen molar-refractivity contribution in [3.05, 3.63) is 353 Å². The molecule has 0 unspecified atom stereocenters. The third-order valence-electron chi connectivity index (χ3n) is 12.5. The van der Waals surface area contributed by atoms with Crippen LogP contribution < -0.4 is 21.2 Å². The predicted octanol–water partition coefficient (Wildman–Crippen LogP) is 21.0. The molecule has 0 bridgehead atoms. The normalized spacial score (nSPS) is 11.6. The summed E-state index contributed by atoms with van der Waals surface area (Å²) in [5.41, 5.74) is 10.6. The quantitative estimate of drug-likeness (QED) is 0.0715. The van der Waals surface area contributed by atoms with Crippen LogP contribution in [0.25, 0.3) is 68.3 Å². The fourth-order valence-electron chi connectivity index (χ4n) is 8.25. The molecule has 0 saturated carbocycles. The van der Waals surface area contributed by atoms with E-state index in [9.17, 15) is 59.5 Å². The molecule has 13 nitrogen and oxygen atoms in total. The SMILES string of the molecule is F[P-](F)(F)(F)(F)F.F[P-](F)(F)(F)(F)F.O.O=[PH](c1ccccc1)c1ccccc1.O=[PH](c1ccccc1)c1ccccc1.[Ru+2].[Ru+2].c1ccc(-c2cccc(-c3ccccn3)n2)nc1.c1ccc(-c2cccc(-c3ccccn3)n2)nc1.c1ccc(-c2ccccn2)nc1.c1ccc(-c2ccccn2)nc1. The minimum Gasteiger partial charge on any atom is -0.412 e. The Bertz CT molecular complexity index is 4220. The van der Waals surface area contributed by atoms with Crippen molar-refractivity contribution in [1.29, 1.82) is 0 Å². The first-order valence-electron chi connectivity index (χ1n) is 30.1. The molecule has 4 aromatic carbocycles. The van der Waals surface area contributed by atoms with Crippen LogP contribution in [0.2, 0.25) is 0 Å². The fourth-order valence-corrected chi connectivity index (χ4v) is 10.9. The molecule has 0 atom stereocenters. The van der Waals surface area contributed by atoms with Crippen molar-refractivity contribution >= 4 is 52.4 Å². The minimum absolute atomic E-state index is 0. The zero-order chi connectivity index (χ0) is 73.3. The number of hydrogen-bond acceptors (Lipinski definition) is 12. The van der Waals surface area contributed by atoms with E-state index in [2.05, 4.69) is 49.8 Å². The molecule has 544 valence electrons. The van der Waals surface area contributed by atoms with Crippen LogP contribution in [0.3, 0.4) is 0 Å². The van der Waals surface area contributed by atoms with Crippen LogP contribution >= 0.6 is 31.2 Å². The molecule has 14 aromatic rings. The molecule has 105 heavy (non-hydrogen) atoms. The summed E-state index contributed by atoms with van der Waals surface area (Å²) in [6.45, 7) is 0. The largest absolute Gasteiger partial charge is 2.00 e. The van der Waals surface area contributed by atoms with E-state index in [1.165, 1.54) is 0 Å². The summed E-state index contributed by atoms with van der Waals surface area (Å²) in [5, 5.41) is 3.68. The van der Waals surface area contributed by atoms with Crippen LogP contribution in [-0.4, -0.2) is 55.3 Å². The van der Waals surface area contributed by atoms with E-state index in [1.807, 2.05) is 303 Å². The zero-order valence-electron chi connectivity index (χ0n) is 54.4. The van der Waals surface area contributed by atoms with E-state index in [0.717, 1.165) is 89.5 Å². The summed E-state index contributed by atoms with van der Waals surface area (Å²) < 4.78 is 142. The minimum atomic E-state index is -10.7. The third kappa shape index (κ3) is 37.4. The number of pyridine rings is 10. The third-order valence-corrected chi connectivity index (χ3v) is 16.0. The van der Waals surface area contributed by atoms with E-state index >= 15 is 0 Å². The number of aromatic nitrogens is 10. The molecule has 0 radical (unpaired) electrons. The van der Waals surface area contributed by atoms with Gasteiger partial charge in [-0.15, -0.1) is 0 Å². The molecule has 0 amide bonds. The van der Waals surface area contributed by atoms with Crippen molar-refractivity contribution in [2.45, 2.75) is 0 Å². The van der Waals surface area contributed by atoms with Crippen molar-refractivity contribution in [3.63, 3.8) is 0 Å². The maximum atomic E-state index is 12.0. The Morgan fingerprint density at radius 3 is 0.448 bits per heavy atom. The van der Waals surface area contributed by atoms with Gasteiger partial charge in [0.25, 0.3) is 0 Å². The van der Waals surface area contributed by atoms with Crippen molar-refractivity contribution in [1.82, 2.24) is 49.8 Å². The van der Waals surface area contributed by atoms with Crippen LogP contribution in [0.15, 0.2) is 353 Å². The van der Waals surface area contributed by atoms with Crippen molar-refractivity contribution in [2.24, 2.45) is 0 Å². The van der Waals surface area contributed by atoms with Crippen molar-refractivity contribution in [3.8, 4) is 68.3 Å². The number of halogens is 12. The van der Waals surface area contributed by atoms with Gasteiger partial charge >= 0.3 is 105 Å². The summed E-state index contributed by atoms with van der Waals surface area (Å²) in [6, 6.07) is 96.5. The summed E-state index contributed by atoms with van der Waals surface area (Å²) in [5.74, 6) is 0. The van der Waals surface area contributed by atoms with Gasteiger partial charge in [-0.2, -0.15) is 0 Å². The van der Waals surface area contributed by atoms with Crippen LogP contribution in [-0.2, 0) is 48.1 Å². The number of benzene rings is 4. The summed E-state index contributed by atoms with van der Waals surface area (Å²) >= 11 is 0. The molecule has 0 fully saturated rings. The van der Waals surface area contributed by atoms with Gasteiger partial charge in [-0.25, -0.2) is 9.97 Å². The first-order chi connectivity index (χ1) is 48.5. The molecule has 0 aliphatic carbocycles. The van der Waals surface area contributed by atoms with Gasteiger partial charge in [-0.1, -0.05) is 182 Å². The molecule has 0 aliphatic rings. The molecule has 0 spiro atoms. The van der Waals surface area contributed by atoms with E-state index in [0.29, 0.717) is 0 Å². The average molecular weight is 1690 g/mol. The maximum Gasteiger partial charge on any atom is 2.00 e. The standard InChI is InChI=1S/2C15H11N3.2C12H11OP.2C10H8N2.2F6P.H2O.2Ru/c2*1-3-10-16-12(6-1)14-8-5-9-15(18-14)13-7-2-4-11-17-13;2*13-14(11-7-3-1-4-8-11)12-9-5-2-6-10-12;2*1-3-7-11-9(5-1)10-6-2-4-8-12-10;2*1-7(2,3,4,5)6;;;/h2*1-11H;2*1-10,14H;2*1-8H;;;1H2;;/q;;;;;;2*-1;;2*+2. The van der Waals surface area contributed by atoms with Gasteiger partial charge in [-0.3, -0.25) is 39.9 Å². The summed E-state index contributed by atoms with van der Waals surface area (Å²) in [7, 11) is -24.9. The van der Waals surface area contributed by atoms with Gasteiger partial charge in [0.2, 0.25) is 0 Å². The monoisotopic (exact) mass is 1690 g/mol. The van der Waals surface area contributed by atoms with Gasteiger partial charge in [0.05, 0.1) is 68.3 Å². The summed E-state index contributed by atoms with van der Waals surface area (Å²) in [6.07, 6.45) is 14.1. The van der Waals surface area contributed by atoms with E-state index < -0.39 is 31.2 Å². The van der Waals surface area contributed by atoms with Crippen molar-refractivity contribution in [2.75, 3.05) is 0 Å².